The second-order valence-electron chi connectivity index (χ2n) is 3.27. The Hall–Kier alpha value is -1.61. The second kappa shape index (κ2) is 6.80. The number of allylic oxidation sites excluding steroid dienone is 1. The van der Waals surface area contributed by atoms with Gasteiger partial charge in [-0.1, -0.05) is 18.2 Å². The first-order valence-electron chi connectivity index (χ1n) is 5.21. The molecule has 0 heterocycles. The lowest BCUT2D eigenvalue weighted by atomic mass is 10.2. The molecule has 0 spiro atoms. The molecule has 86 valence electrons. The van der Waals surface area contributed by atoms with Crippen molar-refractivity contribution in [2.45, 2.75) is 13.8 Å². The SMILES string of the molecule is CCOCOc1ccc(/C=C/C(C)=O)cc1. The van der Waals surface area contributed by atoms with Crippen LogP contribution in [0.15, 0.2) is 30.3 Å². The molecule has 3 nitrogen and oxygen atoms in total. The highest BCUT2D eigenvalue weighted by molar-refractivity contribution is 5.91. The number of carbonyl (C=O) groups is 1. The van der Waals surface area contributed by atoms with Crippen LogP contribution in [0, 0.1) is 0 Å². The van der Waals surface area contributed by atoms with E-state index in [9.17, 15) is 4.79 Å². The fourth-order valence-electron chi connectivity index (χ4n) is 1.08. The Morgan fingerprint density at radius 2 is 2.00 bits per heavy atom. The van der Waals surface area contributed by atoms with Gasteiger partial charge in [-0.15, -0.1) is 0 Å². The summed E-state index contributed by atoms with van der Waals surface area (Å²) in [6, 6.07) is 7.47. The minimum Gasteiger partial charge on any atom is -0.468 e. The molecule has 0 radical (unpaired) electrons. The molecular formula is C13H16O3. The van der Waals surface area contributed by atoms with Crippen LogP contribution in [0.3, 0.4) is 0 Å². The van der Waals surface area contributed by atoms with Crippen molar-refractivity contribution >= 4 is 11.9 Å². The fraction of sp³-hybridized carbons (Fsp3) is 0.308. The van der Waals surface area contributed by atoms with Gasteiger partial charge < -0.3 is 9.47 Å². The minimum atomic E-state index is 0.0386. The van der Waals surface area contributed by atoms with Gasteiger partial charge >= 0.3 is 0 Å². The van der Waals surface area contributed by atoms with Gasteiger partial charge in [0.25, 0.3) is 0 Å². The molecule has 1 aromatic carbocycles. The van der Waals surface area contributed by atoms with Gasteiger partial charge in [0.1, 0.15) is 5.75 Å². The summed E-state index contributed by atoms with van der Waals surface area (Å²) in [5, 5.41) is 0. The van der Waals surface area contributed by atoms with E-state index in [4.69, 9.17) is 9.47 Å². The van der Waals surface area contributed by atoms with Crippen LogP contribution >= 0.6 is 0 Å². The normalized spacial score (nSPS) is 10.6. The summed E-state index contributed by atoms with van der Waals surface area (Å²) in [5.41, 5.74) is 0.971. The van der Waals surface area contributed by atoms with E-state index in [1.54, 1.807) is 6.08 Å². The predicted molar refractivity (Wildman–Crippen MR) is 63.3 cm³/mol. The van der Waals surface area contributed by atoms with Gasteiger partial charge in [-0.05, 0) is 37.6 Å². The molecule has 0 bridgehead atoms. The summed E-state index contributed by atoms with van der Waals surface area (Å²) in [6.45, 7) is 4.34. The number of ether oxygens (including phenoxy) is 2. The Morgan fingerprint density at radius 1 is 1.31 bits per heavy atom. The van der Waals surface area contributed by atoms with E-state index < -0.39 is 0 Å². The minimum absolute atomic E-state index is 0.0386. The van der Waals surface area contributed by atoms with Gasteiger partial charge in [0, 0.05) is 6.61 Å². The maximum Gasteiger partial charge on any atom is 0.189 e. The van der Waals surface area contributed by atoms with Crippen LogP contribution in [-0.4, -0.2) is 19.2 Å². The molecule has 0 amide bonds. The molecular weight excluding hydrogens is 204 g/mol. The molecule has 0 saturated carbocycles. The highest BCUT2D eigenvalue weighted by atomic mass is 16.7. The van der Waals surface area contributed by atoms with Crippen LogP contribution in [0.2, 0.25) is 0 Å². The second-order valence-corrected chi connectivity index (χ2v) is 3.27. The van der Waals surface area contributed by atoms with Crippen LogP contribution < -0.4 is 4.74 Å². The van der Waals surface area contributed by atoms with E-state index in [2.05, 4.69) is 0 Å². The third kappa shape index (κ3) is 4.75. The van der Waals surface area contributed by atoms with E-state index in [0.717, 1.165) is 11.3 Å². The smallest absolute Gasteiger partial charge is 0.189 e. The third-order valence-electron chi connectivity index (χ3n) is 1.90. The fourth-order valence-corrected chi connectivity index (χ4v) is 1.08. The van der Waals surface area contributed by atoms with E-state index in [1.165, 1.54) is 13.0 Å². The van der Waals surface area contributed by atoms with Gasteiger partial charge in [0.2, 0.25) is 0 Å². The van der Waals surface area contributed by atoms with Gasteiger partial charge in [0.05, 0.1) is 0 Å². The molecule has 16 heavy (non-hydrogen) atoms. The van der Waals surface area contributed by atoms with Crippen molar-refractivity contribution in [3.05, 3.63) is 35.9 Å². The number of rotatable bonds is 6. The molecule has 0 aliphatic rings. The van der Waals surface area contributed by atoms with Crippen molar-refractivity contribution in [2.24, 2.45) is 0 Å². The van der Waals surface area contributed by atoms with Crippen LogP contribution in [0.1, 0.15) is 19.4 Å². The van der Waals surface area contributed by atoms with Gasteiger partial charge in [-0.3, -0.25) is 4.79 Å². The average Bonchev–Trinajstić information content (AvgIpc) is 2.28. The quantitative estimate of drug-likeness (QED) is 0.420. The molecule has 0 aromatic heterocycles. The molecule has 0 aliphatic heterocycles. The number of benzene rings is 1. The number of hydrogen-bond donors (Lipinski definition) is 0. The van der Waals surface area contributed by atoms with Gasteiger partial charge in [-0.2, -0.15) is 0 Å². The monoisotopic (exact) mass is 220 g/mol. The van der Waals surface area contributed by atoms with E-state index >= 15 is 0 Å². The zero-order chi connectivity index (χ0) is 11.8. The molecule has 0 unspecified atom stereocenters. The maximum absolute atomic E-state index is 10.7. The summed E-state index contributed by atoms with van der Waals surface area (Å²) in [4.78, 5) is 10.7. The Balaban J connectivity index is 2.51. The summed E-state index contributed by atoms with van der Waals surface area (Å²) >= 11 is 0. The molecule has 1 aromatic rings. The standard InChI is InChI=1S/C13H16O3/c1-3-15-10-16-13-8-6-12(7-9-13)5-4-11(2)14/h4-9H,3,10H2,1-2H3/b5-4+. The lowest BCUT2D eigenvalue weighted by Crippen LogP contribution is -2.01. The molecule has 0 N–H and O–H groups in total. The van der Waals surface area contributed by atoms with Crippen molar-refractivity contribution in [1.82, 2.24) is 0 Å². The van der Waals surface area contributed by atoms with Crippen LogP contribution in [0.4, 0.5) is 0 Å². The molecule has 1 rings (SSSR count). The first-order chi connectivity index (χ1) is 7.72. The maximum atomic E-state index is 10.7. The zero-order valence-electron chi connectivity index (χ0n) is 9.60. The molecule has 0 atom stereocenters. The van der Waals surface area contributed by atoms with Crippen LogP contribution in [0.5, 0.6) is 5.75 Å². The van der Waals surface area contributed by atoms with Gasteiger partial charge in [0.15, 0.2) is 12.6 Å². The number of carbonyl (C=O) groups excluding carboxylic acids is 1. The van der Waals surface area contributed by atoms with Crippen molar-refractivity contribution < 1.29 is 14.3 Å². The Bertz CT molecular complexity index is 352. The van der Waals surface area contributed by atoms with Crippen molar-refractivity contribution in [2.75, 3.05) is 13.4 Å². The first-order valence-corrected chi connectivity index (χ1v) is 5.21. The number of ketones is 1. The van der Waals surface area contributed by atoms with E-state index in [-0.39, 0.29) is 12.6 Å². The van der Waals surface area contributed by atoms with E-state index in [1.807, 2.05) is 31.2 Å². The lowest BCUT2D eigenvalue weighted by molar-refractivity contribution is -0.112. The Kier molecular flexibility index (Phi) is 5.29. The van der Waals surface area contributed by atoms with Crippen LogP contribution in [-0.2, 0) is 9.53 Å². The predicted octanol–water partition coefficient (Wildman–Crippen LogP) is 2.66. The summed E-state index contributed by atoms with van der Waals surface area (Å²) in [6.07, 6.45) is 3.31. The highest BCUT2D eigenvalue weighted by Gasteiger charge is 1.93. The largest absolute Gasteiger partial charge is 0.468 e. The van der Waals surface area contributed by atoms with E-state index in [0.29, 0.717) is 6.61 Å². The third-order valence-corrected chi connectivity index (χ3v) is 1.90. The van der Waals surface area contributed by atoms with Crippen molar-refractivity contribution in [3.8, 4) is 5.75 Å². The summed E-state index contributed by atoms with van der Waals surface area (Å²) in [7, 11) is 0. The molecule has 3 heteroatoms. The zero-order valence-corrected chi connectivity index (χ0v) is 9.60. The molecule has 0 saturated heterocycles. The molecule has 0 aliphatic carbocycles. The topological polar surface area (TPSA) is 35.5 Å². The average molecular weight is 220 g/mol. The summed E-state index contributed by atoms with van der Waals surface area (Å²) in [5.74, 6) is 0.796. The lowest BCUT2D eigenvalue weighted by Gasteiger charge is -2.05. The van der Waals surface area contributed by atoms with Crippen molar-refractivity contribution in [3.63, 3.8) is 0 Å². The first kappa shape index (κ1) is 12.5. The van der Waals surface area contributed by atoms with Gasteiger partial charge in [-0.25, -0.2) is 0 Å². The Morgan fingerprint density at radius 3 is 2.56 bits per heavy atom. The number of hydrogen-bond acceptors (Lipinski definition) is 3. The Labute approximate surface area is 95.7 Å². The van der Waals surface area contributed by atoms with Crippen molar-refractivity contribution in [1.29, 1.82) is 0 Å². The highest BCUT2D eigenvalue weighted by Crippen LogP contribution is 2.13. The van der Waals surface area contributed by atoms with Crippen LogP contribution in [0.25, 0.3) is 6.08 Å². The molecule has 0 fully saturated rings. The summed E-state index contributed by atoms with van der Waals surface area (Å²) < 4.78 is 10.4.